The molecule has 6 nitrogen and oxygen atoms in total. The number of hydrogen-bond donors (Lipinski definition) is 1. The third-order valence-corrected chi connectivity index (χ3v) is 5.15. The number of nitrogens with zero attached hydrogens (tertiary/aromatic N) is 4. The fraction of sp³-hybridized carbons (Fsp3) is 0.125. The first kappa shape index (κ1) is 18.1. The highest BCUT2D eigenvalue weighted by Gasteiger charge is 2.09. The van der Waals surface area contributed by atoms with Crippen molar-refractivity contribution in [2.24, 2.45) is 0 Å². The summed E-state index contributed by atoms with van der Waals surface area (Å²) in [6.45, 7) is 1.34. The predicted octanol–water partition coefficient (Wildman–Crippen LogP) is 4.37. The quantitative estimate of drug-likeness (QED) is 0.444. The predicted molar refractivity (Wildman–Crippen MR) is 115 cm³/mol. The zero-order valence-corrected chi connectivity index (χ0v) is 16.4. The smallest absolute Gasteiger partial charge is 0.152 e. The van der Waals surface area contributed by atoms with Gasteiger partial charge in [0.15, 0.2) is 5.82 Å². The molecule has 0 fully saturated rings. The van der Waals surface area contributed by atoms with E-state index in [0.717, 1.165) is 23.7 Å². The Morgan fingerprint density at radius 1 is 0.867 bits per heavy atom. The molecule has 148 valence electrons. The maximum atomic E-state index is 5.99. The molecular formula is C24H21N5O. The third kappa shape index (κ3) is 3.93. The molecule has 0 atom stereocenters. The van der Waals surface area contributed by atoms with Crippen molar-refractivity contribution in [3.05, 3.63) is 108 Å². The molecule has 0 unspecified atom stereocenters. The standard InChI is InChI=1S/C24H21N5O/c1-2-6-18(7-3-1)17-30-21-10-4-8-19(14-21)16-29-13-12-22-20(9-5-11-23(22)29)15-24-25-27-28-26-24/h1-14H,15-17H2,(H,25,26,27,28). The number of H-pyrrole nitrogens is 1. The van der Waals surface area contributed by atoms with Crippen molar-refractivity contribution in [2.45, 2.75) is 19.6 Å². The molecule has 2 heterocycles. The van der Waals surface area contributed by atoms with Gasteiger partial charge in [-0.15, -0.1) is 5.10 Å². The molecule has 1 N–H and O–H groups in total. The van der Waals surface area contributed by atoms with E-state index in [0.29, 0.717) is 13.0 Å². The van der Waals surface area contributed by atoms with Crippen LogP contribution in [0.25, 0.3) is 10.9 Å². The number of fused-ring (bicyclic) bond motifs is 1. The Hall–Kier alpha value is -3.93. The number of ether oxygens (including phenoxy) is 1. The normalized spacial score (nSPS) is 11.1. The molecule has 0 amide bonds. The van der Waals surface area contributed by atoms with Crippen molar-refractivity contribution in [1.82, 2.24) is 25.2 Å². The fourth-order valence-corrected chi connectivity index (χ4v) is 3.68. The summed E-state index contributed by atoms with van der Waals surface area (Å²) >= 11 is 0. The summed E-state index contributed by atoms with van der Waals surface area (Å²) in [5.41, 5.74) is 4.75. The molecule has 0 radical (unpaired) electrons. The zero-order chi connectivity index (χ0) is 20.2. The van der Waals surface area contributed by atoms with Crippen LogP contribution >= 0.6 is 0 Å². The molecular weight excluding hydrogens is 374 g/mol. The molecule has 0 aliphatic carbocycles. The Bertz CT molecular complexity index is 1250. The molecule has 30 heavy (non-hydrogen) atoms. The summed E-state index contributed by atoms with van der Waals surface area (Å²) in [4.78, 5) is 0. The number of aromatic amines is 1. The number of aromatic nitrogens is 5. The summed E-state index contributed by atoms with van der Waals surface area (Å²) in [7, 11) is 0. The van der Waals surface area contributed by atoms with Crippen molar-refractivity contribution >= 4 is 10.9 Å². The average molecular weight is 395 g/mol. The van der Waals surface area contributed by atoms with Crippen LogP contribution < -0.4 is 4.74 Å². The molecule has 0 saturated carbocycles. The number of rotatable bonds is 7. The second-order valence-corrected chi connectivity index (χ2v) is 7.24. The van der Waals surface area contributed by atoms with Crippen molar-refractivity contribution < 1.29 is 4.74 Å². The number of benzene rings is 3. The highest BCUT2D eigenvalue weighted by Crippen LogP contribution is 2.24. The van der Waals surface area contributed by atoms with Crippen molar-refractivity contribution in [2.75, 3.05) is 0 Å². The molecule has 5 aromatic rings. The van der Waals surface area contributed by atoms with Crippen molar-refractivity contribution in [3.63, 3.8) is 0 Å². The number of hydrogen-bond acceptors (Lipinski definition) is 4. The van der Waals surface area contributed by atoms with Crippen molar-refractivity contribution in [1.29, 1.82) is 0 Å². The third-order valence-electron chi connectivity index (χ3n) is 5.15. The van der Waals surface area contributed by atoms with Crippen LogP contribution in [0.3, 0.4) is 0 Å². The van der Waals surface area contributed by atoms with Gasteiger partial charge in [0.05, 0.1) is 0 Å². The van der Waals surface area contributed by atoms with Gasteiger partial charge in [-0.3, -0.25) is 0 Å². The molecule has 5 rings (SSSR count). The summed E-state index contributed by atoms with van der Waals surface area (Å²) in [5, 5.41) is 15.4. The van der Waals surface area contributed by atoms with E-state index in [2.05, 4.69) is 79.9 Å². The van der Waals surface area contributed by atoms with Crippen LogP contribution in [0.1, 0.15) is 22.5 Å². The highest BCUT2D eigenvalue weighted by molar-refractivity contribution is 5.84. The lowest BCUT2D eigenvalue weighted by Gasteiger charge is -2.10. The Morgan fingerprint density at radius 3 is 2.60 bits per heavy atom. The molecule has 0 spiro atoms. The Balaban J connectivity index is 1.34. The van der Waals surface area contributed by atoms with Gasteiger partial charge in [-0.2, -0.15) is 0 Å². The lowest BCUT2D eigenvalue weighted by molar-refractivity contribution is 0.306. The second-order valence-electron chi connectivity index (χ2n) is 7.24. The van der Waals surface area contributed by atoms with Gasteiger partial charge in [0, 0.05) is 30.1 Å². The Labute approximate surface area is 174 Å². The van der Waals surface area contributed by atoms with E-state index in [-0.39, 0.29) is 0 Å². The topological polar surface area (TPSA) is 68.6 Å². The minimum Gasteiger partial charge on any atom is -0.489 e. The number of nitrogens with one attached hydrogen (secondary N) is 1. The van der Waals surface area contributed by atoms with Gasteiger partial charge in [0.25, 0.3) is 0 Å². The largest absolute Gasteiger partial charge is 0.489 e. The molecule has 0 aliphatic rings. The van der Waals surface area contributed by atoms with Crippen LogP contribution in [0.4, 0.5) is 0 Å². The fourth-order valence-electron chi connectivity index (χ4n) is 3.68. The van der Waals surface area contributed by atoms with Gasteiger partial charge in [-0.05, 0) is 51.4 Å². The van der Waals surface area contributed by atoms with E-state index in [1.54, 1.807) is 0 Å². The molecule has 0 aliphatic heterocycles. The first-order chi connectivity index (χ1) is 14.8. The molecule has 0 bridgehead atoms. The number of tetrazole rings is 1. The summed E-state index contributed by atoms with van der Waals surface area (Å²) in [6.07, 6.45) is 2.81. The minimum atomic E-state index is 0.566. The van der Waals surface area contributed by atoms with Gasteiger partial charge in [-0.1, -0.05) is 54.6 Å². The van der Waals surface area contributed by atoms with E-state index < -0.39 is 0 Å². The van der Waals surface area contributed by atoms with Crippen LogP contribution in [-0.2, 0) is 19.6 Å². The summed E-state index contributed by atoms with van der Waals surface area (Å²) < 4.78 is 8.24. The van der Waals surface area contributed by atoms with Crippen molar-refractivity contribution in [3.8, 4) is 5.75 Å². The van der Waals surface area contributed by atoms with Crippen LogP contribution in [0.15, 0.2) is 85.1 Å². The van der Waals surface area contributed by atoms with Gasteiger partial charge in [0.2, 0.25) is 0 Å². The Kier molecular flexibility index (Phi) is 4.96. The van der Waals surface area contributed by atoms with E-state index >= 15 is 0 Å². The molecule has 6 heteroatoms. The minimum absolute atomic E-state index is 0.566. The van der Waals surface area contributed by atoms with Gasteiger partial charge in [-0.25, -0.2) is 5.10 Å². The van der Waals surface area contributed by atoms with Crippen LogP contribution in [0, 0.1) is 0 Å². The lowest BCUT2D eigenvalue weighted by Crippen LogP contribution is -2.00. The van der Waals surface area contributed by atoms with E-state index in [1.165, 1.54) is 22.0 Å². The summed E-state index contributed by atoms with van der Waals surface area (Å²) in [5.74, 6) is 1.64. The monoisotopic (exact) mass is 395 g/mol. The van der Waals surface area contributed by atoms with Gasteiger partial charge >= 0.3 is 0 Å². The maximum Gasteiger partial charge on any atom is 0.152 e. The SMILES string of the molecule is c1ccc(COc2cccc(Cn3ccc4c(Cc5nnn[nH]5)cccc43)c2)cc1. The highest BCUT2D eigenvalue weighted by atomic mass is 16.5. The van der Waals surface area contributed by atoms with Crippen LogP contribution in [0.5, 0.6) is 5.75 Å². The first-order valence-electron chi connectivity index (χ1n) is 9.90. The molecule has 2 aromatic heterocycles. The molecule has 0 saturated heterocycles. The van der Waals surface area contributed by atoms with E-state index in [4.69, 9.17) is 4.74 Å². The second kappa shape index (κ2) is 8.21. The van der Waals surface area contributed by atoms with Crippen LogP contribution in [-0.4, -0.2) is 25.2 Å². The van der Waals surface area contributed by atoms with Crippen LogP contribution in [0.2, 0.25) is 0 Å². The average Bonchev–Trinajstić information content (AvgIpc) is 3.44. The van der Waals surface area contributed by atoms with E-state index in [9.17, 15) is 0 Å². The maximum absolute atomic E-state index is 5.99. The molecule has 3 aromatic carbocycles. The summed E-state index contributed by atoms with van der Waals surface area (Å²) in [6, 6.07) is 27.0. The Morgan fingerprint density at radius 2 is 1.73 bits per heavy atom. The van der Waals surface area contributed by atoms with Gasteiger partial charge < -0.3 is 9.30 Å². The van der Waals surface area contributed by atoms with E-state index in [1.807, 2.05) is 30.3 Å². The lowest BCUT2D eigenvalue weighted by atomic mass is 10.1. The first-order valence-corrected chi connectivity index (χ1v) is 9.90. The zero-order valence-electron chi connectivity index (χ0n) is 16.4. The van der Waals surface area contributed by atoms with Gasteiger partial charge in [0.1, 0.15) is 12.4 Å².